The molecule has 4 heterocycles. The van der Waals surface area contributed by atoms with E-state index >= 15 is 0 Å². The Morgan fingerprint density at radius 2 is 1.11 bits per heavy atom. The van der Waals surface area contributed by atoms with Crippen molar-refractivity contribution in [2.75, 3.05) is 0 Å². The van der Waals surface area contributed by atoms with Crippen LogP contribution in [0.3, 0.4) is 0 Å². The van der Waals surface area contributed by atoms with Gasteiger partial charge in [0.1, 0.15) is 5.58 Å². The summed E-state index contributed by atoms with van der Waals surface area (Å²) in [5, 5.41) is 1.98. The van der Waals surface area contributed by atoms with Crippen LogP contribution in [-0.4, -0.2) is 19.5 Å². The van der Waals surface area contributed by atoms with Crippen molar-refractivity contribution in [2.24, 2.45) is 0 Å². The summed E-state index contributed by atoms with van der Waals surface area (Å²) in [6, 6.07) is 61.8. The van der Waals surface area contributed by atoms with Gasteiger partial charge in [-0.1, -0.05) is 201 Å². The number of nitrogens with zero attached hydrogens (tertiary/aromatic N) is 4. The zero-order valence-electron chi connectivity index (χ0n) is 52.5. The Labute approximate surface area is 513 Å². The summed E-state index contributed by atoms with van der Waals surface area (Å²) >= 11 is 0. The van der Waals surface area contributed by atoms with Gasteiger partial charge in [-0.15, -0.1) is 54.1 Å². The van der Waals surface area contributed by atoms with E-state index in [0.717, 1.165) is 66.9 Å². The minimum atomic E-state index is -0.00877. The smallest absolute Gasteiger partial charge is 0.124 e. The van der Waals surface area contributed by atoms with E-state index in [9.17, 15) is 0 Å². The quantitative estimate of drug-likeness (QED) is 0.142. The molecule has 0 aliphatic heterocycles. The van der Waals surface area contributed by atoms with Crippen molar-refractivity contribution in [3.63, 3.8) is 0 Å². The average Bonchev–Trinajstić information content (AvgIpc) is 1.64. The summed E-state index contributed by atoms with van der Waals surface area (Å²) in [4.78, 5) is 15.0. The fraction of sp³-hybridized carbons (Fsp3) is 0.321. The van der Waals surface area contributed by atoms with Crippen molar-refractivity contribution >= 4 is 33.0 Å². The predicted octanol–water partition coefficient (Wildman–Crippen LogP) is 21.4. The zero-order chi connectivity index (χ0) is 59.1. The second-order valence-corrected chi connectivity index (χ2v) is 28.4. The predicted molar refractivity (Wildman–Crippen MR) is 350 cm³/mol. The third-order valence-corrected chi connectivity index (χ3v) is 17.2. The number of aromatic nitrogens is 4. The molecule has 0 saturated heterocycles. The van der Waals surface area contributed by atoms with Crippen molar-refractivity contribution in [3.05, 3.63) is 215 Å². The number of hydrogen-bond donors (Lipinski definition) is 0. The monoisotopic (exact) mass is 1280 g/mol. The molecule has 0 amide bonds. The van der Waals surface area contributed by atoms with Crippen molar-refractivity contribution in [1.29, 1.82) is 0 Å². The minimum Gasteiger partial charge on any atom is -0.500 e. The molecule has 0 bridgehead atoms. The molecule has 1 aliphatic rings. The van der Waals surface area contributed by atoms with Crippen molar-refractivity contribution in [1.82, 2.24) is 19.5 Å². The van der Waals surface area contributed by atoms with Gasteiger partial charge in [-0.25, -0.2) is 0 Å². The van der Waals surface area contributed by atoms with Gasteiger partial charge in [-0.05, 0) is 149 Å². The van der Waals surface area contributed by atoms with Crippen LogP contribution in [0.1, 0.15) is 175 Å². The van der Waals surface area contributed by atoms with Gasteiger partial charge in [0.2, 0.25) is 0 Å². The van der Waals surface area contributed by atoms with Crippen LogP contribution in [-0.2, 0) is 47.2 Å². The molecule has 1 radical (unpaired) electrons. The van der Waals surface area contributed by atoms with E-state index in [0.29, 0.717) is 0 Å². The number of hydrogen-bond acceptors (Lipinski definition) is 4. The molecule has 12 rings (SSSR count). The number of benzene rings is 7. The summed E-state index contributed by atoms with van der Waals surface area (Å²) < 4.78 is 9.36. The molecule has 0 saturated carbocycles. The summed E-state index contributed by atoms with van der Waals surface area (Å²) in [5.74, 6) is 1.27. The van der Waals surface area contributed by atoms with Crippen LogP contribution >= 0.6 is 0 Å². The van der Waals surface area contributed by atoms with E-state index in [1.165, 1.54) is 73.3 Å². The van der Waals surface area contributed by atoms with Crippen molar-refractivity contribution in [2.45, 2.75) is 163 Å². The molecule has 1 aliphatic carbocycles. The van der Waals surface area contributed by atoms with Gasteiger partial charge in [0, 0.05) is 55.2 Å². The van der Waals surface area contributed by atoms with E-state index in [2.05, 4.69) is 261 Å². The summed E-state index contributed by atoms with van der Waals surface area (Å²) in [6.07, 6.45) is 5.10. The maximum Gasteiger partial charge on any atom is 0.124 e. The Morgan fingerprint density at radius 3 is 1.70 bits per heavy atom. The van der Waals surface area contributed by atoms with E-state index in [1.54, 1.807) is 0 Å². The summed E-state index contributed by atoms with van der Waals surface area (Å²) in [5.41, 5.74) is 24.4. The number of para-hydroxylation sites is 2. The van der Waals surface area contributed by atoms with Crippen LogP contribution in [0.2, 0.25) is 0 Å². The Balaban J connectivity index is 0.000000399. The molecule has 6 heteroatoms. The van der Waals surface area contributed by atoms with Crippen LogP contribution in [0.15, 0.2) is 168 Å². The average molecular weight is 1280 g/mol. The number of fused-ring (bicyclic) bond motifs is 5. The standard InChI is InChI=1S/C63H66N3O.C15H16N.Ir/c1-37(2)48-30-42(40-24-22-39(23-25-40)41-26-27-51-52(32-41)63(13,14)36-62(51,11)12)31-49(38(3)4)57(48)66-55-21-16-15-20-53(55)65-59(66)47-19-17-18-46-50-35-64-54(34-56(50)67-58(46)47)43-28-44(60(5,6)7)33-45(29-43)61(8,9)10;1-15(2,3)13-9-10-14(16-11-13)12-7-5-4-6-8-12;/h15-18,20-35,37-38H,36H2,1-14H3;4-7,9-11H,1-3H3;/q2*-1;. The van der Waals surface area contributed by atoms with Gasteiger partial charge in [-0.3, -0.25) is 9.97 Å². The number of imidazole rings is 1. The van der Waals surface area contributed by atoms with Gasteiger partial charge < -0.3 is 14.0 Å². The van der Waals surface area contributed by atoms with E-state index in [4.69, 9.17) is 14.4 Å². The van der Waals surface area contributed by atoms with Crippen LogP contribution in [0.5, 0.6) is 0 Å². The molecule has 5 nitrogen and oxygen atoms in total. The maximum atomic E-state index is 6.97. The maximum absolute atomic E-state index is 6.97. The normalized spacial score (nSPS) is 14.0. The second-order valence-electron chi connectivity index (χ2n) is 28.4. The first-order valence-electron chi connectivity index (χ1n) is 29.9. The largest absolute Gasteiger partial charge is 0.500 e. The third-order valence-electron chi connectivity index (χ3n) is 17.2. The number of pyridine rings is 2. The molecule has 7 aromatic carbocycles. The molecule has 0 unspecified atom stereocenters. The third kappa shape index (κ3) is 11.5. The van der Waals surface area contributed by atoms with Crippen LogP contribution in [0.25, 0.3) is 94.8 Å². The topological polar surface area (TPSA) is 56.7 Å². The molecule has 0 fully saturated rings. The van der Waals surface area contributed by atoms with Crippen LogP contribution < -0.4 is 0 Å². The minimum absolute atomic E-state index is 0. The molecule has 4 aromatic heterocycles. The summed E-state index contributed by atoms with van der Waals surface area (Å²) in [7, 11) is 0. The second kappa shape index (κ2) is 22.3. The Morgan fingerprint density at radius 1 is 0.512 bits per heavy atom. The van der Waals surface area contributed by atoms with Gasteiger partial charge in [-0.2, -0.15) is 0 Å². The number of furan rings is 1. The van der Waals surface area contributed by atoms with Crippen molar-refractivity contribution < 1.29 is 24.5 Å². The van der Waals surface area contributed by atoms with E-state index in [1.807, 2.05) is 42.7 Å². The molecule has 84 heavy (non-hydrogen) atoms. The van der Waals surface area contributed by atoms with Gasteiger partial charge in [0.25, 0.3) is 0 Å². The molecular formula is C78H82IrN4O-2. The van der Waals surface area contributed by atoms with Gasteiger partial charge >= 0.3 is 0 Å². The molecule has 0 N–H and O–H groups in total. The SMILES string of the molecule is CC(C)(C)c1ccc(-c2[c-]cccc2)nc1.CC(C)c1cc(-c2ccc(-c3ccc4c(c3)C(C)(C)CC4(C)C)cc2)cc(C(C)C)c1-n1c(-c2[c-]ccc3c2oc2cc(-c4cc(C(C)(C)C)cc(C(C)(C)C)c4)ncc23)nc2ccccc21.[Ir]. The fourth-order valence-corrected chi connectivity index (χ4v) is 12.6. The first kappa shape index (κ1) is 59.9. The zero-order valence-corrected chi connectivity index (χ0v) is 54.9. The first-order chi connectivity index (χ1) is 39.2. The Kier molecular flexibility index (Phi) is 15.9. The van der Waals surface area contributed by atoms with E-state index in [-0.39, 0.29) is 59.0 Å². The van der Waals surface area contributed by atoms with Gasteiger partial charge in [0.05, 0.1) is 28.1 Å². The molecule has 0 spiro atoms. The van der Waals surface area contributed by atoms with Crippen LogP contribution in [0, 0.1) is 12.1 Å². The van der Waals surface area contributed by atoms with Crippen LogP contribution in [0.4, 0.5) is 0 Å². The summed E-state index contributed by atoms with van der Waals surface area (Å²) in [6.45, 7) is 39.0. The van der Waals surface area contributed by atoms with E-state index < -0.39 is 0 Å². The Bertz CT molecular complexity index is 4150. The number of rotatable bonds is 8. The molecular weight excluding hydrogens is 1200 g/mol. The van der Waals surface area contributed by atoms with Gasteiger partial charge in [0.15, 0.2) is 0 Å². The fourth-order valence-electron chi connectivity index (χ4n) is 12.6. The molecule has 0 atom stereocenters. The molecule has 431 valence electrons. The van der Waals surface area contributed by atoms with Crippen molar-refractivity contribution in [3.8, 4) is 61.8 Å². The molecule has 11 aromatic rings. The first-order valence-corrected chi connectivity index (χ1v) is 29.9. The Hall–Kier alpha value is -7.24.